The van der Waals surface area contributed by atoms with Crippen LogP contribution in [0.3, 0.4) is 0 Å². The Hall–Kier alpha value is -3.13. The van der Waals surface area contributed by atoms with Crippen LogP contribution in [-0.4, -0.2) is 59.5 Å². The predicted molar refractivity (Wildman–Crippen MR) is 116 cm³/mol. The van der Waals surface area contributed by atoms with E-state index in [1.54, 1.807) is 22.3 Å². The molecule has 0 saturated carbocycles. The number of ether oxygens (including phenoxy) is 2. The van der Waals surface area contributed by atoms with Crippen molar-refractivity contribution in [3.63, 3.8) is 0 Å². The fourth-order valence-electron chi connectivity index (χ4n) is 3.85. The fourth-order valence-corrected chi connectivity index (χ4v) is 4.47. The molecule has 7 nitrogen and oxygen atoms in total. The van der Waals surface area contributed by atoms with Crippen molar-refractivity contribution in [2.24, 2.45) is 0 Å². The molecule has 2 aromatic rings. The van der Waals surface area contributed by atoms with Gasteiger partial charge in [0, 0.05) is 30.1 Å². The summed E-state index contributed by atoms with van der Waals surface area (Å²) in [6, 6.07) is 12.4. The van der Waals surface area contributed by atoms with Crippen molar-refractivity contribution in [1.29, 1.82) is 0 Å². The molecule has 31 heavy (non-hydrogen) atoms. The van der Waals surface area contributed by atoms with Crippen LogP contribution in [0.1, 0.15) is 23.3 Å². The predicted octanol–water partition coefficient (Wildman–Crippen LogP) is 3.32. The Labute approximate surface area is 184 Å². The molecule has 2 amide bonds. The molecule has 4 rings (SSSR count). The number of benzene rings is 1. The number of cyclic esters (lactones) is 1. The number of piperidine rings is 1. The van der Waals surface area contributed by atoms with Gasteiger partial charge in [0.1, 0.15) is 13.2 Å². The van der Waals surface area contributed by atoms with E-state index in [-0.39, 0.29) is 25.2 Å². The van der Waals surface area contributed by atoms with Gasteiger partial charge in [-0.25, -0.2) is 9.59 Å². The number of esters is 1. The van der Waals surface area contributed by atoms with Crippen LogP contribution in [0.5, 0.6) is 0 Å². The Morgan fingerprint density at radius 2 is 1.90 bits per heavy atom. The van der Waals surface area contributed by atoms with E-state index < -0.39 is 18.1 Å². The number of rotatable bonds is 6. The molecule has 2 saturated heterocycles. The summed E-state index contributed by atoms with van der Waals surface area (Å²) in [4.78, 5) is 41.7. The van der Waals surface area contributed by atoms with Crippen LogP contribution in [0.15, 0.2) is 53.9 Å². The molecule has 0 radical (unpaired) electrons. The first-order chi connectivity index (χ1) is 15.1. The second-order valence-corrected chi connectivity index (χ2v) is 8.48. The molecule has 1 aromatic carbocycles. The summed E-state index contributed by atoms with van der Waals surface area (Å²) in [5.74, 6) is -0.512. The average molecular weight is 441 g/mol. The van der Waals surface area contributed by atoms with Crippen molar-refractivity contribution < 1.29 is 23.9 Å². The zero-order valence-electron chi connectivity index (χ0n) is 17.0. The van der Waals surface area contributed by atoms with Crippen LogP contribution in [0, 0.1) is 0 Å². The van der Waals surface area contributed by atoms with E-state index in [1.165, 1.54) is 4.90 Å². The molecular weight excluding hydrogens is 416 g/mol. The standard InChI is InChI=1S/C23H24N2O5S/c26-21(9-8-19-7-4-14-31-19)24-12-10-18(11-13-24)25-20(16-30-23(25)28)22(27)29-15-17-5-2-1-3-6-17/h1-9,14,18,20H,10-13,15-16H2/b9-8+/t20-/m0/s1. The van der Waals surface area contributed by atoms with E-state index in [4.69, 9.17) is 9.47 Å². The van der Waals surface area contributed by atoms with Gasteiger partial charge in [-0.05, 0) is 35.9 Å². The average Bonchev–Trinajstić information content (AvgIpc) is 3.46. The summed E-state index contributed by atoms with van der Waals surface area (Å²) in [6.45, 7) is 1.19. The van der Waals surface area contributed by atoms with Crippen LogP contribution in [0.25, 0.3) is 6.08 Å². The van der Waals surface area contributed by atoms with Gasteiger partial charge in [0.15, 0.2) is 6.04 Å². The quantitative estimate of drug-likeness (QED) is 0.509. The van der Waals surface area contributed by atoms with E-state index in [0.717, 1.165) is 10.4 Å². The van der Waals surface area contributed by atoms with Crippen molar-refractivity contribution in [1.82, 2.24) is 9.80 Å². The maximum Gasteiger partial charge on any atom is 0.410 e. The molecule has 1 aromatic heterocycles. The SMILES string of the molecule is O=C(OCc1ccccc1)[C@@H]1COC(=O)N1C1CCN(C(=O)/C=C/c2cccs2)CC1. The number of carbonyl (C=O) groups is 3. The van der Waals surface area contributed by atoms with Gasteiger partial charge in [-0.15, -0.1) is 11.3 Å². The Kier molecular flexibility index (Phi) is 6.66. The molecule has 8 heteroatoms. The van der Waals surface area contributed by atoms with Gasteiger partial charge < -0.3 is 14.4 Å². The topological polar surface area (TPSA) is 76.2 Å². The van der Waals surface area contributed by atoms with Crippen LogP contribution in [-0.2, 0) is 25.7 Å². The van der Waals surface area contributed by atoms with Crippen molar-refractivity contribution >= 4 is 35.4 Å². The third-order valence-corrected chi connectivity index (χ3v) is 6.35. The van der Waals surface area contributed by atoms with Crippen LogP contribution >= 0.6 is 11.3 Å². The summed E-state index contributed by atoms with van der Waals surface area (Å²) in [5, 5.41) is 1.96. The minimum atomic E-state index is -0.748. The van der Waals surface area contributed by atoms with E-state index >= 15 is 0 Å². The molecule has 162 valence electrons. The molecule has 0 spiro atoms. The van der Waals surface area contributed by atoms with Gasteiger partial charge >= 0.3 is 12.1 Å². The second kappa shape index (κ2) is 9.78. The van der Waals surface area contributed by atoms with Crippen molar-refractivity contribution in [2.75, 3.05) is 19.7 Å². The molecule has 0 aliphatic carbocycles. The van der Waals surface area contributed by atoms with Crippen molar-refractivity contribution in [2.45, 2.75) is 31.5 Å². The molecule has 0 N–H and O–H groups in total. The summed E-state index contributed by atoms with van der Waals surface area (Å²) in [6.07, 6.45) is 4.09. The number of amides is 2. The number of hydrogen-bond acceptors (Lipinski definition) is 6. The lowest BCUT2D eigenvalue weighted by Gasteiger charge is -2.36. The van der Waals surface area contributed by atoms with Gasteiger partial charge in [-0.3, -0.25) is 9.69 Å². The van der Waals surface area contributed by atoms with Crippen LogP contribution < -0.4 is 0 Å². The summed E-state index contributed by atoms with van der Waals surface area (Å²) < 4.78 is 10.6. The molecule has 1 atom stereocenters. The zero-order valence-corrected chi connectivity index (χ0v) is 17.8. The smallest absolute Gasteiger partial charge is 0.410 e. The normalized spacial score (nSPS) is 19.6. The van der Waals surface area contributed by atoms with Crippen LogP contribution in [0.2, 0.25) is 0 Å². The van der Waals surface area contributed by atoms with E-state index in [2.05, 4.69) is 0 Å². The van der Waals surface area contributed by atoms with Crippen molar-refractivity contribution in [3.8, 4) is 0 Å². The molecule has 2 aliphatic rings. The Morgan fingerprint density at radius 3 is 2.61 bits per heavy atom. The molecular formula is C23H24N2O5S. The van der Waals surface area contributed by atoms with Gasteiger partial charge in [-0.1, -0.05) is 36.4 Å². The van der Waals surface area contributed by atoms with Gasteiger partial charge in [0.2, 0.25) is 5.91 Å². The van der Waals surface area contributed by atoms with Gasteiger partial charge in [0.05, 0.1) is 0 Å². The molecule has 0 unspecified atom stereocenters. The second-order valence-electron chi connectivity index (χ2n) is 7.50. The Morgan fingerprint density at radius 1 is 1.13 bits per heavy atom. The largest absolute Gasteiger partial charge is 0.459 e. The minimum Gasteiger partial charge on any atom is -0.459 e. The lowest BCUT2D eigenvalue weighted by molar-refractivity contribution is -0.150. The molecule has 2 aliphatic heterocycles. The maximum atomic E-state index is 12.6. The van der Waals surface area contributed by atoms with E-state index in [1.807, 2.05) is 53.9 Å². The number of thiophene rings is 1. The van der Waals surface area contributed by atoms with Crippen molar-refractivity contribution in [3.05, 3.63) is 64.4 Å². The lowest BCUT2D eigenvalue weighted by Crippen LogP contribution is -2.51. The lowest BCUT2D eigenvalue weighted by atomic mass is 10.0. The highest BCUT2D eigenvalue weighted by Gasteiger charge is 2.44. The number of likely N-dealkylation sites (tertiary alicyclic amines) is 1. The number of hydrogen-bond donors (Lipinski definition) is 0. The highest BCUT2D eigenvalue weighted by molar-refractivity contribution is 7.10. The highest BCUT2D eigenvalue weighted by Crippen LogP contribution is 2.25. The highest BCUT2D eigenvalue weighted by atomic mass is 32.1. The van der Waals surface area contributed by atoms with E-state index in [9.17, 15) is 14.4 Å². The Balaban J connectivity index is 1.31. The third kappa shape index (κ3) is 5.14. The monoisotopic (exact) mass is 440 g/mol. The first-order valence-electron chi connectivity index (χ1n) is 10.3. The first-order valence-corrected chi connectivity index (χ1v) is 11.2. The first kappa shape index (κ1) is 21.1. The molecule has 3 heterocycles. The minimum absolute atomic E-state index is 0.00481. The number of carbonyl (C=O) groups excluding carboxylic acids is 3. The van der Waals surface area contributed by atoms with Crippen LogP contribution in [0.4, 0.5) is 4.79 Å². The third-order valence-electron chi connectivity index (χ3n) is 5.51. The maximum absolute atomic E-state index is 12.6. The molecule has 0 bridgehead atoms. The molecule has 2 fully saturated rings. The summed E-state index contributed by atoms with van der Waals surface area (Å²) >= 11 is 1.57. The van der Waals surface area contributed by atoms with Gasteiger partial charge in [-0.2, -0.15) is 0 Å². The van der Waals surface area contributed by atoms with Gasteiger partial charge in [0.25, 0.3) is 0 Å². The zero-order chi connectivity index (χ0) is 21.6. The Bertz CT molecular complexity index is 936. The number of nitrogens with zero attached hydrogens (tertiary/aromatic N) is 2. The summed E-state index contributed by atoms with van der Waals surface area (Å²) in [5.41, 5.74) is 0.884. The summed E-state index contributed by atoms with van der Waals surface area (Å²) in [7, 11) is 0. The fraction of sp³-hybridized carbons (Fsp3) is 0.348. The van der Waals surface area contributed by atoms with E-state index in [0.29, 0.717) is 25.9 Å².